The number of aryl methyl sites for hydroxylation is 1. The van der Waals surface area contributed by atoms with Crippen LogP contribution in [0.25, 0.3) is 16.7 Å². The number of para-hydroxylation sites is 2. The lowest BCUT2D eigenvalue weighted by Gasteiger charge is -2.06. The highest BCUT2D eigenvalue weighted by atomic mass is 16.1. The molecule has 0 aliphatic rings. The SMILES string of the molecule is CCCCn1cc(C#N)c2nc3ccccc3n2c1=O. The lowest BCUT2D eigenvalue weighted by atomic mass is 10.3. The molecule has 0 radical (unpaired) electrons. The summed E-state index contributed by atoms with van der Waals surface area (Å²) < 4.78 is 3.13. The summed E-state index contributed by atoms with van der Waals surface area (Å²) in [5.41, 5.74) is 2.20. The first-order valence-corrected chi connectivity index (χ1v) is 6.67. The minimum Gasteiger partial charge on any atom is -0.299 e. The zero-order valence-corrected chi connectivity index (χ0v) is 11.2. The molecule has 5 nitrogen and oxygen atoms in total. The van der Waals surface area contributed by atoms with Gasteiger partial charge in [0.1, 0.15) is 11.6 Å². The Balaban J connectivity index is 2.41. The summed E-state index contributed by atoms with van der Waals surface area (Å²) in [7, 11) is 0. The molecule has 2 heterocycles. The molecule has 5 heteroatoms. The Kier molecular flexibility index (Phi) is 2.99. The van der Waals surface area contributed by atoms with Gasteiger partial charge in [0, 0.05) is 12.7 Å². The molecular weight excluding hydrogens is 252 g/mol. The fourth-order valence-electron chi connectivity index (χ4n) is 2.37. The van der Waals surface area contributed by atoms with Crippen LogP contribution in [0.3, 0.4) is 0 Å². The molecule has 0 amide bonds. The zero-order valence-electron chi connectivity index (χ0n) is 11.2. The average Bonchev–Trinajstić information content (AvgIpc) is 2.86. The van der Waals surface area contributed by atoms with Crippen molar-refractivity contribution in [1.29, 1.82) is 5.26 Å². The second-order valence-corrected chi connectivity index (χ2v) is 4.74. The largest absolute Gasteiger partial charge is 0.334 e. The first-order chi connectivity index (χ1) is 9.76. The van der Waals surface area contributed by atoms with Crippen LogP contribution in [0.1, 0.15) is 25.3 Å². The van der Waals surface area contributed by atoms with Crippen molar-refractivity contribution >= 4 is 16.7 Å². The van der Waals surface area contributed by atoms with Gasteiger partial charge in [-0.05, 0) is 18.6 Å². The molecule has 3 aromatic rings. The number of unbranched alkanes of at least 4 members (excludes halogenated alkanes) is 1. The molecule has 0 saturated heterocycles. The summed E-state index contributed by atoms with van der Waals surface area (Å²) in [6, 6.07) is 9.57. The first kappa shape index (κ1) is 12.4. The molecule has 0 bridgehead atoms. The summed E-state index contributed by atoms with van der Waals surface area (Å²) in [4.78, 5) is 16.9. The van der Waals surface area contributed by atoms with Crippen molar-refractivity contribution in [2.45, 2.75) is 26.3 Å². The predicted octanol–water partition coefficient (Wildman–Crippen LogP) is 2.32. The summed E-state index contributed by atoms with van der Waals surface area (Å²) in [6.45, 7) is 2.69. The number of hydrogen-bond acceptors (Lipinski definition) is 3. The zero-order chi connectivity index (χ0) is 14.1. The highest BCUT2D eigenvalue weighted by Crippen LogP contribution is 2.16. The summed E-state index contributed by atoms with van der Waals surface area (Å²) in [5.74, 6) is 0. The maximum absolute atomic E-state index is 12.6. The number of rotatable bonds is 3. The minimum absolute atomic E-state index is 0.138. The van der Waals surface area contributed by atoms with Gasteiger partial charge in [-0.2, -0.15) is 5.26 Å². The Bertz CT molecular complexity index is 882. The number of aromatic nitrogens is 3. The van der Waals surface area contributed by atoms with E-state index in [1.807, 2.05) is 24.3 Å². The van der Waals surface area contributed by atoms with E-state index >= 15 is 0 Å². The van der Waals surface area contributed by atoms with Crippen molar-refractivity contribution in [1.82, 2.24) is 14.0 Å². The van der Waals surface area contributed by atoms with E-state index in [9.17, 15) is 10.1 Å². The highest BCUT2D eigenvalue weighted by Gasteiger charge is 2.13. The molecule has 0 unspecified atom stereocenters. The number of nitrogens with zero attached hydrogens (tertiary/aromatic N) is 4. The number of fused-ring (bicyclic) bond motifs is 3. The van der Waals surface area contributed by atoms with Crippen molar-refractivity contribution in [3.05, 3.63) is 46.5 Å². The van der Waals surface area contributed by atoms with Crippen molar-refractivity contribution in [2.24, 2.45) is 0 Å². The van der Waals surface area contributed by atoms with Gasteiger partial charge in [-0.3, -0.25) is 4.57 Å². The van der Waals surface area contributed by atoms with Crippen LogP contribution in [0.15, 0.2) is 35.3 Å². The Morgan fingerprint density at radius 3 is 2.90 bits per heavy atom. The second kappa shape index (κ2) is 4.82. The maximum Gasteiger partial charge on any atom is 0.334 e. The molecule has 0 aliphatic heterocycles. The van der Waals surface area contributed by atoms with Gasteiger partial charge in [0.25, 0.3) is 0 Å². The Hall–Kier alpha value is -2.61. The molecule has 0 aliphatic carbocycles. The summed E-state index contributed by atoms with van der Waals surface area (Å²) in [6.07, 6.45) is 3.51. The van der Waals surface area contributed by atoms with Crippen LogP contribution in [0.2, 0.25) is 0 Å². The van der Waals surface area contributed by atoms with Crippen molar-refractivity contribution < 1.29 is 0 Å². The van der Waals surface area contributed by atoms with Gasteiger partial charge >= 0.3 is 5.69 Å². The third-order valence-electron chi connectivity index (χ3n) is 3.40. The maximum atomic E-state index is 12.6. The monoisotopic (exact) mass is 266 g/mol. The summed E-state index contributed by atoms with van der Waals surface area (Å²) >= 11 is 0. The molecule has 0 atom stereocenters. The molecule has 3 rings (SSSR count). The van der Waals surface area contributed by atoms with Gasteiger partial charge in [0.05, 0.1) is 11.0 Å². The lowest BCUT2D eigenvalue weighted by Crippen LogP contribution is -2.27. The smallest absolute Gasteiger partial charge is 0.299 e. The number of benzene rings is 1. The van der Waals surface area contributed by atoms with Gasteiger partial charge < -0.3 is 0 Å². The minimum atomic E-state index is -0.138. The number of nitriles is 1. The van der Waals surface area contributed by atoms with E-state index in [1.165, 1.54) is 4.40 Å². The van der Waals surface area contributed by atoms with E-state index in [-0.39, 0.29) is 5.69 Å². The molecule has 0 fully saturated rings. The topological polar surface area (TPSA) is 63.1 Å². The van der Waals surface area contributed by atoms with Crippen LogP contribution in [0.5, 0.6) is 0 Å². The van der Waals surface area contributed by atoms with E-state index in [1.54, 1.807) is 10.8 Å². The van der Waals surface area contributed by atoms with E-state index in [2.05, 4.69) is 18.0 Å². The van der Waals surface area contributed by atoms with E-state index in [0.717, 1.165) is 23.9 Å². The average molecular weight is 266 g/mol. The van der Waals surface area contributed by atoms with Crippen molar-refractivity contribution in [2.75, 3.05) is 0 Å². The standard InChI is InChI=1S/C15H14N4O/c1-2-3-8-18-10-11(9-16)14-17-12-6-4-5-7-13(12)19(14)15(18)20/h4-7,10H,2-3,8H2,1H3. The summed E-state index contributed by atoms with van der Waals surface area (Å²) in [5, 5.41) is 9.28. The number of imidazole rings is 1. The van der Waals surface area contributed by atoms with Crippen LogP contribution in [0.4, 0.5) is 0 Å². The van der Waals surface area contributed by atoms with Gasteiger partial charge in [0.2, 0.25) is 0 Å². The molecule has 0 saturated carbocycles. The quantitative estimate of drug-likeness (QED) is 0.730. The third kappa shape index (κ3) is 1.77. The van der Waals surface area contributed by atoms with Crippen molar-refractivity contribution in [3.8, 4) is 6.07 Å². The molecule has 2 aromatic heterocycles. The Morgan fingerprint density at radius 2 is 2.15 bits per heavy atom. The van der Waals surface area contributed by atoms with Crippen LogP contribution < -0.4 is 5.69 Å². The van der Waals surface area contributed by atoms with Crippen LogP contribution in [-0.4, -0.2) is 14.0 Å². The van der Waals surface area contributed by atoms with Crippen LogP contribution in [0, 0.1) is 11.3 Å². The normalized spacial score (nSPS) is 11.0. The molecule has 100 valence electrons. The molecule has 0 spiro atoms. The van der Waals surface area contributed by atoms with Gasteiger partial charge in [-0.1, -0.05) is 25.5 Å². The predicted molar refractivity (Wildman–Crippen MR) is 76.6 cm³/mol. The fourth-order valence-corrected chi connectivity index (χ4v) is 2.37. The van der Waals surface area contributed by atoms with Gasteiger partial charge in [-0.25, -0.2) is 14.2 Å². The van der Waals surface area contributed by atoms with Crippen molar-refractivity contribution in [3.63, 3.8) is 0 Å². The molecule has 1 aromatic carbocycles. The highest BCUT2D eigenvalue weighted by molar-refractivity contribution is 5.81. The fraction of sp³-hybridized carbons (Fsp3) is 0.267. The van der Waals surface area contributed by atoms with E-state index in [0.29, 0.717) is 17.8 Å². The Labute approximate surface area is 115 Å². The van der Waals surface area contributed by atoms with E-state index < -0.39 is 0 Å². The Morgan fingerprint density at radius 1 is 1.35 bits per heavy atom. The van der Waals surface area contributed by atoms with Gasteiger partial charge in [-0.15, -0.1) is 0 Å². The van der Waals surface area contributed by atoms with Gasteiger partial charge in [0.15, 0.2) is 5.65 Å². The van der Waals surface area contributed by atoms with E-state index in [4.69, 9.17) is 0 Å². The lowest BCUT2D eigenvalue weighted by molar-refractivity contribution is 0.595. The third-order valence-corrected chi connectivity index (χ3v) is 3.40. The first-order valence-electron chi connectivity index (χ1n) is 6.67. The second-order valence-electron chi connectivity index (χ2n) is 4.74. The van der Waals surface area contributed by atoms with Crippen LogP contribution >= 0.6 is 0 Å². The molecular formula is C15H14N4O. The molecule has 0 N–H and O–H groups in total. The van der Waals surface area contributed by atoms with Crippen LogP contribution in [-0.2, 0) is 6.54 Å². The number of hydrogen-bond donors (Lipinski definition) is 0. The molecule has 20 heavy (non-hydrogen) atoms.